The molecule has 1 amide bonds. The molecule has 1 aromatic rings. The standard InChI is InChI=1S/C16H23NO3/c1-2-20-15-8-4-3-6-13(15)9-10-16(19)17-11-5-7-14(17)12-18/h3-4,6,8,14,18H,2,5,7,9-12H2,1H3. The minimum atomic E-state index is 0.0182. The normalized spacial score (nSPS) is 18.3. The average molecular weight is 277 g/mol. The van der Waals surface area contributed by atoms with Gasteiger partial charge in [-0.15, -0.1) is 0 Å². The van der Waals surface area contributed by atoms with E-state index in [1.165, 1.54) is 0 Å². The first kappa shape index (κ1) is 14.9. The largest absolute Gasteiger partial charge is 0.494 e. The van der Waals surface area contributed by atoms with Crippen molar-refractivity contribution in [1.82, 2.24) is 4.90 Å². The number of benzene rings is 1. The summed E-state index contributed by atoms with van der Waals surface area (Å²) >= 11 is 0. The first-order valence-corrected chi connectivity index (χ1v) is 7.37. The Hall–Kier alpha value is -1.55. The molecule has 4 nitrogen and oxygen atoms in total. The molecule has 4 heteroatoms. The van der Waals surface area contributed by atoms with Crippen molar-refractivity contribution in [3.05, 3.63) is 29.8 Å². The molecule has 0 aromatic heterocycles. The zero-order valence-electron chi connectivity index (χ0n) is 12.0. The van der Waals surface area contributed by atoms with Crippen LogP contribution < -0.4 is 4.74 Å². The van der Waals surface area contributed by atoms with Crippen LogP contribution in [0.25, 0.3) is 0 Å². The van der Waals surface area contributed by atoms with Crippen molar-refractivity contribution in [2.24, 2.45) is 0 Å². The van der Waals surface area contributed by atoms with Crippen molar-refractivity contribution < 1.29 is 14.6 Å². The Morgan fingerprint density at radius 1 is 1.45 bits per heavy atom. The summed E-state index contributed by atoms with van der Waals surface area (Å²) in [6.45, 7) is 3.43. The molecule has 0 bridgehead atoms. The third-order valence-electron chi connectivity index (χ3n) is 3.79. The van der Waals surface area contributed by atoms with Crippen molar-refractivity contribution in [2.45, 2.75) is 38.6 Å². The number of hydrogen-bond acceptors (Lipinski definition) is 3. The molecule has 1 unspecified atom stereocenters. The third-order valence-corrected chi connectivity index (χ3v) is 3.79. The number of nitrogens with zero attached hydrogens (tertiary/aromatic N) is 1. The molecule has 20 heavy (non-hydrogen) atoms. The summed E-state index contributed by atoms with van der Waals surface area (Å²) in [5.41, 5.74) is 1.07. The fourth-order valence-corrected chi connectivity index (χ4v) is 2.75. The van der Waals surface area contributed by atoms with Gasteiger partial charge in [0, 0.05) is 13.0 Å². The number of rotatable bonds is 6. The molecule has 110 valence electrons. The topological polar surface area (TPSA) is 49.8 Å². The molecule has 1 saturated heterocycles. The van der Waals surface area contributed by atoms with Gasteiger partial charge in [-0.1, -0.05) is 18.2 Å². The van der Waals surface area contributed by atoms with E-state index in [9.17, 15) is 9.90 Å². The molecule has 0 aliphatic carbocycles. The maximum atomic E-state index is 12.2. The number of likely N-dealkylation sites (tertiary alicyclic amines) is 1. The highest BCUT2D eigenvalue weighted by molar-refractivity contribution is 5.77. The molecule has 0 saturated carbocycles. The van der Waals surface area contributed by atoms with E-state index in [1.807, 2.05) is 36.1 Å². The predicted octanol–water partition coefficient (Wildman–Crippen LogP) is 2.00. The molecule has 1 atom stereocenters. The number of carbonyl (C=O) groups is 1. The number of carbonyl (C=O) groups excluding carboxylic acids is 1. The zero-order valence-corrected chi connectivity index (χ0v) is 12.0. The van der Waals surface area contributed by atoms with E-state index >= 15 is 0 Å². The maximum Gasteiger partial charge on any atom is 0.223 e. The van der Waals surface area contributed by atoms with Crippen LogP contribution in [0.1, 0.15) is 31.7 Å². The van der Waals surface area contributed by atoms with Gasteiger partial charge >= 0.3 is 0 Å². The van der Waals surface area contributed by atoms with Crippen LogP contribution in [0.15, 0.2) is 24.3 Å². The van der Waals surface area contributed by atoms with Crippen LogP contribution in [0.4, 0.5) is 0 Å². The molecule has 0 radical (unpaired) electrons. The van der Waals surface area contributed by atoms with Crippen molar-refractivity contribution >= 4 is 5.91 Å². The fraction of sp³-hybridized carbons (Fsp3) is 0.562. The highest BCUT2D eigenvalue weighted by Crippen LogP contribution is 2.22. The second kappa shape index (κ2) is 7.29. The SMILES string of the molecule is CCOc1ccccc1CCC(=O)N1CCCC1CO. The minimum absolute atomic E-state index is 0.0182. The quantitative estimate of drug-likeness (QED) is 0.865. The highest BCUT2D eigenvalue weighted by Gasteiger charge is 2.27. The average Bonchev–Trinajstić information content (AvgIpc) is 2.95. The summed E-state index contributed by atoms with van der Waals surface area (Å²) in [6, 6.07) is 7.87. The van der Waals surface area contributed by atoms with Gasteiger partial charge in [-0.2, -0.15) is 0 Å². The van der Waals surface area contributed by atoms with Crippen LogP contribution in [0, 0.1) is 0 Å². The maximum absolute atomic E-state index is 12.2. The Balaban J connectivity index is 1.93. The molecule has 2 rings (SSSR count). The lowest BCUT2D eigenvalue weighted by Crippen LogP contribution is -2.37. The van der Waals surface area contributed by atoms with Crippen LogP contribution in [0.5, 0.6) is 5.75 Å². The highest BCUT2D eigenvalue weighted by atomic mass is 16.5. The molecular weight excluding hydrogens is 254 g/mol. The monoisotopic (exact) mass is 277 g/mol. The van der Waals surface area contributed by atoms with Gasteiger partial charge in [0.15, 0.2) is 0 Å². The zero-order chi connectivity index (χ0) is 14.4. The van der Waals surface area contributed by atoms with Crippen molar-refractivity contribution in [1.29, 1.82) is 0 Å². The van der Waals surface area contributed by atoms with E-state index < -0.39 is 0 Å². The van der Waals surface area contributed by atoms with Gasteiger partial charge in [0.1, 0.15) is 5.75 Å². The lowest BCUT2D eigenvalue weighted by atomic mass is 10.1. The summed E-state index contributed by atoms with van der Waals surface area (Å²) < 4.78 is 5.57. The van der Waals surface area contributed by atoms with E-state index in [4.69, 9.17) is 4.74 Å². The van der Waals surface area contributed by atoms with Crippen LogP contribution in [0.3, 0.4) is 0 Å². The third kappa shape index (κ3) is 3.51. The molecule has 0 spiro atoms. The number of aliphatic hydroxyl groups excluding tert-OH is 1. The Bertz CT molecular complexity index is 447. The Morgan fingerprint density at radius 3 is 3.00 bits per heavy atom. The van der Waals surface area contributed by atoms with E-state index in [0.717, 1.165) is 30.7 Å². The fourth-order valence-electron chi connectivity index (χ4n) is 2.75. The number of aryl methyl sites for hydroxylation is 1. The first-order chi connectivity index (χ1) is 9.76. The summed E-state index contributed by atoms with van der Waals surface area (Å²) in [6.07, 6.45) is 3.06. The van der Waals surface area contributed by atoms with Crippen LogP contribution >= 0.6 is 0 Å². The van der Waals surface area contributed by atoms with E-state index in [2.05, 4.69) is 0 Å². The minimum Gasteiger partial charge on any atom is -0.494 e. The summed E-state index contributed by atoms with van der Waals surface area (Å²) in [4.78, 5) is 14.1. The van der Waals surface area contributed by atoms with Crippen LogP contribution in [-0.2, 0) is 11.2 Å². The molecule has 1 heterocycles. The van der Waals surface area contributed by atoms with E-state index in [1.54, 1.807) is 0 Å². The first-order valence-electron chi connectivity index (χ1n) is 7.37. The van der Waals surface area contributed by atoms with Gasteiger partial charge in [0.2, 0.25) is 5.91 Å². The molecule has 1 aliphatic heterocycles. The van der Waals surface area contributed by atoms with Crippen molar-refractivity contribution in [2.75, 3.05) is 19.8 Å². The second-order valence-corrected chi connectivity index (χ2v) is 5.11. The van der Waals surface area contributed by atoms with Gasteiger partial charge in [-0.25, -0.2) is 0 Å². The lowest BCUT2D eigenvalue weighted by molar-refractivity contribution is -0.132. The molecule has 1 N–H and O–H groups in total. The second-order valence-electron chi connectivity index (χ2n) is 5.11. The predicted molar refractivity (Wildman–Crippen MR) is 77.8 cm³/mol. The van der Waals surface area contributed by atoms with Crippen molar-refractivity contribution in [3.8, 4) is 5.75 Å². The number of ether oxygens (including phenoxy) is 1. The number of hydrogen-bond donors (Lipinski definition) is 1. The van der Waals surface area contributed by atoms with Gasteiger partial charge in [-0.3, -0.25) is 4.79 Å². The van der Waals surface area contributed by atoms with Gasteiger partial charge < -0.3 is 14.7 Å². The number of amides is 1. The van der Waals surface area contributed by atoms with Gasteiger partial charge in [0.25, 0.3) is 0 Å². The van der Waals surface area contributed by atoms with Crippen LogP contribution in [0.2, 0.25) is 0 Å². The number of aliphatic hydroxyl groups is 1. The molecule has 1 aromatic carbocycles. The van der Waals surface area contributed by atoms with Gasteiger partial charge in [0.05, 0.1) is 19.3 Å². The smallest absolute Gasteiger partial charge is 0.223 e. The van der Waals surface area contributed by atoms with Crippen LogP contribution in [-0.4, -0.2) is 41.7 Å². The molecule has 1 aliphatic rings. The lowest BCUT2D eigenvalue weighted by Gasteiger charge is -2.23. The molecule has 1 fully saturated rings. The Kier molecular flexibility index (Phi) is 5.41. The summed E-state index contributed by atoms with van der Waals surface area (Å²) in [5.74, 6) is 0.996. The Morgan fingerprint density at radius 2 is 2.25 bits per heavy atom. The molecular formula is C16H23NO3. The Labute approximate surface area is 120 Å². The van der Waals surface area contributed by atoms with E-state index in [0.29, 0.717) is 19.4 Å². The summed E-state index contributed by atoms with van der Waals surface area (Å²) in [5, 5.41) is 9.27. The number of para-hydroxylation sites is 1. The van der Waals surface area contributed by atoms with Gasteiger partial charge in [-0.05, 0) is 37.8 Å². The summed E-state index contributed by atoms with van der Waals surface area (Å²) in [7, 11) is 0. The van der Waals surface area contributed by atoms with E-state index in [-0.39, 0.29) is 18.6 Å². The van der Waals surface area contributed by atoms with Crippen molar-refractivity contribution in [3.63, 3.8) is 0 Å².